The van der Waals surface area contributed by atoms with Crippen molar-refractivity contribution in [3.8, 4) is 0 Å². The minimum atomic E-state index is 0.865. The molecule has 0 atom stereocenters. The van der Waals surface area contributed by atoms with Gasteiger partial charge in [0, 0.05) is 28.6 Å². The summed E-state index contributed by atoms with van der Waals surface area (Å²) < 4.78 is 3.40. The fraction of sp³-hybridized carbons (Fsp3) is 0.286. The molecule has 0 saturated carbocycles. The Labute approximate surface area is 111 Å². The van der Waals surface area contributed by atoms with E-state index in [-0.39, 0.29) is 0 Å². The van der Waals surface area contributed by atoms with Crippen LogP contribution >= 0.6 is 15.9 Å². The van der Waals surface area contributed by atoms with Crippen LogP contribution in [0.15, 0.2) is 47.1 Å². The Morgan fingerprint density at radius 2 is 2.12 bits per heavy atom. The van der Waals surface area contributed by atoms with Gasteiger partial charge in [0.2, 0.25) is 0 Å². The second-order valence-electron chi connectivity index (χ2n) is 4.06. The Hall–Kier alpha value is -1.22. The molecule has 0 amide bonds. The van der Waals surface area contributed by atoms with Crippen molar-refractivity contribution in [3.05, 3.63) is 52.8 Å². The Bertz CT molecular complexity index is 477. The van der Waals surface area contributed by atoms with E-state index >= 15 is 0 Å². The highest BCUT2D eigenvalue weighted by molar-refractivity contribution is 9.10. The SMILES string of the molecule is CCCn1cccc1CNc1cccc(Br)c1. The second-order valence-corrected chi connectivity index (χ2v) is 4.97. The lowest BCUT2D eigenvalue weighted by molar-refractivity contribution is 0.654. The smallest absolute Gasteiger partial charge is 0.0553 e. The molecule has 0 unspecified atom stereocenters. The highest BCUT2D eigenvalue weighted by Crippen LogP contribution is 2.16. The average molecular weight is 293 g/mol. The lowest BCUT2D eigenvalue weighted by Gasteiger charge is -2.10. The number of nitrogens with zero attached hydrogens (tertiary/aromatic N) is 1. The minimum Gasteiger partial charge on any atom is -0.379 e. The van der Waals surface area contributed by atoms with E-state index in [1.54, 1.807) is 0 Å². The van der Waals surface area contributed by atoms with Gasteiger partial charge in [0.05, 0.1) is 6.54 Å². The van der Waals surface area contributed by atoms with Crippen molar-refractivity contribution >= 4 is 21.6 Å². The lowest BCUT2D eigenvalue weighted by Crippen LogP contribution is -2.06. The van der Waals surface area contributed by atoms with Gasteiger partial charge in [-0.05, 0) is 36.8 Å². The monoisotopic (exact) mass is 292 g/mol. The summed E-state index contributed by atoms with van der Waals surface area (Å²) in [6, 6.07) is 12.5. The summed E-state index contributed by atoms with van der Waals surface area (Å²) in [5.74, 6) is 0. The van der Waals surface area contributed by atoms with Crippen LogP contribution in [0.2, 0.25) is 0 Å². The number of halogens is 1. The van der Waals surface area contributed by atoms with Crippen LogP contribution < -0.4 is 5.32 Å². The number of hydrogen-bond donors (Lipinski definition) is 1. The molecule has 2 aromatic rings. The predicted octanol–water partition coefficient (Wildman–Crippen LogP) is 4.27. The summed E-state index contributed by atoms with van der Waals surface area (Å²) in [7, 11) is 0. The molecule has 0 spiro atoms. The number of nitrogens with one attached hydrogen (secondary N) is 1. The van der Waals surface area contributed by atoms with Crippen LogP contribution in [0.1, 0.15) is 19.0 Å². The molecular weight excluding hydrogens is 276 g/mol. The van der Waals surface area contributed by atoms with Crippen LogP contribution in [-0.2, 0) is 13.1 Å². The molecule has 1 heterocycles. The first-order chi connectivity index (χ1) is 8.29. The fourth-order valence-corrected chi connectivity index (χ4v) is 2.26. The molecule has 1 N–H and O–H groups in total. The quantitative estimate of drug-likeness (QED) is 0.871. The highest BCUT2D eigenvalue weighted by Gasteiger charge is 2.00. The third-order valence-electron chi connectivity index (χ3n) is 2.69. The van der Waals surface area contributed by atoms with Crippen molar-refractivity contribution in [2.24, 2.45) is 0 Å². The largest absolute Gasteiger partial charge is 0.379 e. The van der Waals surface area contributed by atoms with Gasteiger partial charge >= 0.3 is 0 Å². The van der Waals surface area contributed by atoms with Crippen molar-refractivity contribution < 1.29 is 0 Å². The van der Waals surface area contributed by atoms with E-state index in [1.807, 2.05) is 12.1 Å². The maximum absolute atomic E-state index is 3.48. The lowest BCUT2D eigenvalue weighted by atomic mass is 10.3. The summed E-state index contributed by atoms with van der Waals surface area (Å²) >= 11 is 3.48. The Balaban J connectivity index is 1.99. The molecule has 0 fully saturated rings. The van der Waals surface area contributed by atoms with Crippen LogP contribution in [0, 0.1) is 0 Å². The minimum absolute atomic E-state index is 0.865. The molecule has 1 aromatic heterocycles. The Kier molecular flexibility index (Phi) is 4.26. The standard InChI is InChI=1S/C14H17BrN2/c1-2-8-17-9-4-7-14(17)11-16-13-6-3-5-12(15)10-13/h3-7,9-10,16H,2,8,11H2,1H3. The van der Waals surface area contributed by atoms with E-state index in [2.05, 4.69) is 63.2 Å². The van der Waals surface area contributed by atoms with E-state index < -0.39 is 0 Å². The Morgan fingerprint density at radius 3 is 2.88 bits per heavy atom. The number of rotatable bonds is 5. The molecule has 17 heavy (non-hydrogen) atoms. The van der Waals surface area contributed by atoms with Gasteiger partial charge in [0.1, 0.15) is 0 Å². The molecule has 2 rings (SSSR count). The maximum atomic E-state index is 3.48. The van der Waals surface area contributed by atoms with E-state index in [9.17, 15) is 0 Å². The third kappa shape index (κ3) is 3.37. The summed E-state index contributed by atoms with van der Waals surface area (Å²) in [5, 5.41) is 3.44. The molecular formula is C14H17BrN2. The van der Waals surface area contributed by atoms with E-state index in [1.165, 1.54) is 12.1 Å². The summed E-state index contributed by atoms with van der Waals surface area (Å²) in [6.45, 7) is 4.15. The van der Waals surface area contributed by atoms with Crippen molar-refractivity contribution in [1.29, 1.82) is 0 Å². The topological polar surface area (TPSA) is 17.0 Å². The van der Waals surface area contributed by atoms with Crippen LogP contribution in [0.4, 0.5) is 5.69 Å². The van der Waals surface area contributed by atoms with Gasteiger partial charge in [-0.1, -0.05) is 28.9 Å². The van der Waals surface area contributed by atoms with Crippen molar-refractivity contribution in [1.82, 2.24) is 4.57 Å². The molecule has 0 aliphatic carbocycles. The van der Waals surface area contributed by atoms with E-state index in [4.69, 9.17) is 0 Å². The molecule has 0 aliphatic heterocycles. The molecule has 0 aliphatic rings. The number of hydrogen-bond acceptors (Lipinski definition) is 1. The number of anilines is 1. The normalized spacial score (nSPS) is 10.5. The summed E-state index contributed by atoms with van der Waals surface area (Å²) in [4.78, 5) is 0. The van der Waals surface area contributed by atoms with Gasteiger partial charge in [0.25, 0.3) is 0 Å². The first-order valence-electron chi connectivity index (χ1n) is 5.93. The van der Waals surface area contributed by atoms with E-state index in [0.717, 1.165) is 23.2 Å². The average Bonchev–Trinajstić information content (AvgIpc) is 2.75. The van der Waals surface area contributed by atoms with Gasteiger partial charge in [-0.25, -0.2) is 0 Å². The van der Waals surface area contributed by atoms with Crippen molar-refractivity contribution in [2.45, 2.75) is 26.4 Å². The number of aromatic nitrogens is 1. The van der Waals surface area contributed by atoms with Crippen LogP contribution in [-0.4, -0.2) is 4.57 Å². The van der Waals surface area contributed by atoms with Crippen LogP contribution in [0.5, 0.6) is 0 Å². The van der Waals surface area contributed by atoms with Crippen LogP contribution in [0.25, 0.3) is 0 Å². The van der Waals surface area contributed by atoms with Crippen LogP contribution in [0.3, 0.4) is 0 Å². The molecule has 90 valence electrons. The van der Waals surface area contributed by atoms with Gasteiger partial charge in [0.15, 0.2) is 0 Å². The molecule has 0 saturated heterocycles. The van der Waals surface area contributed by atoms with E-state index in [0.29, 0.717) is 0 Å². The zero-order valence-electron chi connectivity index (χ0n) is 9.99. The molecule has 3 heteroatoms. The zero-order valence-corrected chi connectivity index (χ0v) is 11.6. The third-order valence-corrected chi connectivity index (χ3v) is 3.18. The number of benzene rings is 1. The summed E-state index contributed by atoms with van der Waals surface area (Å²) in [6.07, 6.45) is 3.31. The maximum Gasteiger partial charge on any atom is 0.0553 e. The first kappa shape index (κ1) is 12.2. The molecule has 0 radical (unpaired) electrons. The fourth-order valence-electron chi connectivity index (χ4n) is 1.86. The predicted molar refractivity (Wildman–Crippen MR) is 76.2 cm³/mol. The molecule has 2 nitrogen and oxygen atoms in total. The van der Waals surface area contributed by atoms with Gasteiger partial charge in [-0.3, -0.25) is 0 Å². The van der Waals surface area contributed by atoms with Gasteiger partial charge in [-0.2, -0.15) is 0 Å². The first-order valence-corrected chi connectivity index (χ1v) is 6.72. The summed E-state index contributed by atoms with van der Waals surface area (Å²) in [5.41, 5.74) is 2.47. The van der Waals surface area contributed by atoms with Crippen molar-refractivity contribution in [3.63, 3.8) is 0 Å². The molecule has 1 aromatic carbocycles. The van der Waals surface area contributed by atoms with Gasteiger partial charge in [-0.15, -0.1) is 0 Å². The Morgan fingerprint density at radius 1 is 1.24 bits per heavy atom. The zero-order chi connectivity index (χ0) is 12.1. The second kappa shape index (κ2) is 5.92. The highest BCUT2D eigenvalue weighted by atomic mass is 79.9. The molecule has 0 bridgehead atoms. The van der Waals surface area contributed by atoms with Gasteiger partial charge < -0.3 is 9.88 Å². The number of aryl methyl sites for hydroxylation is 1. The van der Waals surface area contributed by atoms with Crippen molar-refractivity contribution in [2.75, 3.05) is 5.32 Å².